The molecule has 128 valence electrons. The number of anilines is 1. The Hall–Kier alpha value is -1.65. The van der Waals surface area contributed by atoms with Crippen LogP contribution < -0.4 is 4.90 Å². The maximum absolute atomic E-state index is 12.8. The minimum absolute atomic E-state index is 0.0521. The van der Waals surface area contributed by atoms with E-state index in [1.54, 1.807) is 0 Å². The molecule has 2 rings (SSSR count). The lowest BCUT2D eigenvalue weighted by Crippen LogP contribution is -2.39. The predicted molar refractivity (Wildman–Crippen MR) is 93.9 cm³/mol. The molecule has 0 aromatic carbocycles. The Morgan fingerprint density at radius 2 is 2.00 bits per heavy atom. The maximum Gasteiger partial charge on any atom is 0.272 e. The fraction of sp³-hybridized carbons (Fsp3) is 0.722. The second-order valence-electron chi connectivity index (χ2n) is 6.68. The van der Waals surface area contributed by atoms with E-state index < -0.39 is 0 Å². The second kappa shape index (κ2) is 8.27. The molecule has 0 aliphatic carbocycles. The lowest BCUT2D eigenvalue weighted by atomic mass is 10.00. The number of nitrogens with zero attached hydrogens (tertiary/aromatic N) is 4. The molecule has 0 saturated carbocycles. The fourth-order valence-corrected chi connectivity index (χ4v) is 3.19. The highest BCUT2D eigenvalue weighted by atomic mass is 16.2. The van der Waals surface area contributed by atoms with E-state index in [2.05, 4.69) is 35.6 Å². The zero-order valence-electron chi connectivity index (χ0n) is 15.0. The lowest BCUT2D eigenvalue weighted by molar-refractivity contribution is 0.0677. The van der Waals surface area contributed by atoms with Crippen LogP contribution in [0.4, 0.5) is 5.95 Å². The Bertz CT molecular complexity index is 526. The minimum atomic E-state index is 0.0521. The van der Waals surface area contributed by atoms with Crippen LogP contribution in [0.2, 0.25) is 0 Å². The third-order valence-electron chi connectivity index (χ3n) is 4.28. The maximum atomic E-state index is 12.8. The Kier molecular flexibility index (Phi) is 6.37. The van der Waals surface area contributed by atoms with Crippen molar-refractivity contribution in [3.05, 3.63) is 17.5 Å². The number of rotatable bonds is 6. The number of carbonyl (C=O) groups excluding carboxylic acids is 1. The molecule has 1 unspecified atom stereocenters. The number of hydrogen-bond acceptors (Lipinski definition) is 4. The van der Waals surface area contributed by atoms with E-state index in [0.717, 1.165) is 51.1 Å². The summed E-state index contributed by atoms with van der Waals surface area (Å²) in [6, 6.07) is 1.82. The summed E-state index contributed by atoms with van der Waals surface area (Å²) >= 11 is 0. The van der Waals surface area contributed by atoms with Crippen molar-refractivity contribution in [3.8, 4) is 0 Å². The molecule has 2 heterocycles. The van der Waals surface area contributed by atoms with Crippen molar-refractivity contribution in [2.45, 2.75) is 53.4 Å². The number of carbonyl (C=O) groups is 1. The van der Waals surface area contributed by atoms with Crippen LogP contribution in [0.25, 0.3) is 0 Å². The van der Waals surface area contributed by atoms with Crippen molar-refractivity contribution in [1.29, 1.82) is 0 Å². The summed E-state index contributed by atoms with van der Waals surface area (Å²) < 4.78 is 0. The standard InChI is InChI=1S/C18H30N4O/c1-5-9-21(10-6-2)18-19-15(4)12-16(20-18)17(23)22-11-7-8-14(3)13-22/h12,14H,5-11,13H2,1-4H3. The molecule has 5 nitrogen and oxygen atoms in total. The fourth-order valence-electron chi connectivity index (χ4n) is 3.19. The van der Waals surface area contributed by atoms with Gasteiger partial charge >= 0.3 is 0 Å². The predicted octanol–water partition coefficient (Wildman–Crippen LogP) is 3.28. The van der Waals surface area contributed by atoms with Crippen LogP contribution in [0.1, 0.15) is 62.6 Å². The first-order valence-corrected chi connectivity index (χ1v) is 8.95. The van der Waals surface area contributed by atoms with E-state index in [0.29, 0.717) is 17.6 Å². The van der Waals surface area contributed by atoms with Gasteiger partial charge in [-0.15, -0.1) is 0 Å². The first-order chi connectivity index (χ1) is 11.0. The van der Waals surface area contributed by atoms with Crippen molar-refractivity contribution in [2.24, 2.45) is 5.92 Å². The van der Waals surface area contributed by atoms with Gasteiger partial charge in [-0.05, 0) is 44.6 Å². The summed E-state index contributed by atoms with van der Waals surface area (Å²) in [5.41, 5.74) is 1.40. The van der Waals surface area contributed by atoms with Gasteiger partial charge in [0.25, 0.3) is 5.91 Å². The molecule has 1 aliphatic rings. The number of hydrogen-bond donors (Lipinski definition) is 0. The van der Waals surface area contributed by atoms with E-state index in [9.17, 15) is 4.79 Å². The van der Waals surface area contributed by atoms with Gasteiger partial charge in [-0.2, -0.15) is 0 Å². The van der Waals surface area contributed by atoms with E-state index in [1.807, 2.05) is 17.9 Å². The Morgan fingerprint density at radius 3 is 2.61 bits per heavy atom. The summed E-state index contributed by atoms with van der Waals surface area (Å²) in [4.78, 5) is 26.1. The van der Waals surface area contributed by atoms with Crippen LogP contribution in [0.5, 0.6) is 0 Å². The molecule has 1 aromatic heterocycles. The molecule has 5 heteroatoms. The Balaban J connectivity index is 2.23. The van der Waals surface area contributed by atoms with Gasteiger partial charge in [0.15, 0.2) is 0 Å². The third-order valence-corrected chi connectivity index (χ3v) is 4.28. The summed E-state index contributed by atoms with van der Waals surface area (Å²) in [5.74, 6) is 1.32. The van der Waals surface area contributed by atoms with Crippen LogP contribution in [0, 0.1) is 12.8 Å². The molecule has 0 spiro atoms. The number of aryl methyl sites for hydroxylation is 1. The van der Waals surface area contributed by atoms with Crippen LogP contribution in [-0.4, -0.2) is 47.0 Å². The molecule has 0 radical (unpaired) electrons. The molecular weight excluding hydrogens is 288 g/mol. The van der Waals surface area contributed by atoms with E-state index in [1.165, 1.54) is 6.42 Å². The molecule has 1 saturated heterocycles. The normalized spacial score (nSPS) is 18.1. The third kappa shape index (κ3) is 4.66. The average Bonchev–Trinajstić information content (AvgIpc) is 2.53. The molecule has 1 amide bonds. The number of amides is 1. The number of aromatic nitrogens is 2. The molecule has 1 atom stereocenters. The van der Waals surface area contributed by atoms with Crippen LogP contribution in [0.3, 0.4) is 0 Å². The molecule has 0 N–H and O–H groups in total. The van der Waals surface area contributed by atoms with Gasteiger partial charge in [-0.3, -0.25) is 4.79 Å². The number of piperidine rings is 1. The summed E-state index contributed by atoms with van der Waals surface area (Å²) in [6.07, 6.45) is 4.38. The topological polar surface area (TPSA) is 49.3 Å². The summed E-state index contributed by atoms with van der Waals surface area (Å²) in [5, 5.41) is 0. The van der Waals surface area contributed by atoms with Gasteiger partial charge in [-0.25, -0.2) is 9.97 Å². The van der Waals surface area contributed by atoms with E-state index >= 15 is 0 Å². The summed E-state index contributed by atoms with van der Waals surface area (Å²) in [6.45, 7) is 12.0. The van der Waals surface area contributed by atoms with Gasteiger partial charge in [0.1, 0.15) is 5.69 Å². The zero-order chi connectivity index (χ0) is 16.8. The second-order valence-corrected chi connectivity index (χ2v) is 6.68. The number of likely N-dealkylation sites (tertiary alicyclic amines) is 1. The largest absolute Gasteiger partial charge is 0.341 e. The van der Waals surface area contributed by atoms with Gasteiger partial charge in [0.05, 0.1) is 0 Å². The van der Waals surface area contributed by atoms with Crippen molar-refractivity contribution in [2.75, 3.05) is 31.1 Å². The van der Waals surface area contributed by atoms with E-state index in [4.69, 9.17) is 0 Å². The minimum Gasteiger partial charge on any atom is -0.341 e. The Morgan fingerprint density at radius 1 is 1.30 bits per heavy atom. The van der Waals surface area contributed by atoms with Crippen LogP contribution in [0.15, 0.2) is 6.07 Å². The van der Waals surface area contributed by atoms with Crippen molar-refractivity contribution in [3.63, 3.8) is 0 Å². The summed E-state index contributed by atoms with van der Waals surface area (Å²) in [7, 11) is 0. The Labute approximate surface area is 140 Å². The highest BCUT2D eigenvalue weighted by Gasteiger charge is 2.24. The first kappa shape index (κ1) is 17.7. The lowest BCUT2D eigenvalue weighted by Gasteiger charge is -2.31. The van der Waals surface area contributed by atoms with Gasteiger partial charge in [0.2, 0.25) is 5.95 Å². The molecule has 0 bridgehead atoms. The molecular formula is C18H30N4O. The van der Waals surface area contributed by atoms with E-state index in [-0.39, 0.29) is 5.91 Å². The van der Waals surface area contributed by atoms with Crippen molar-refractivity contribution >= 4 is 11.9 Å². The SMILES string of the molecule is CCCN(CCC)c1nc(C)cc(C(=O)N2CCCC(C)C2)n1. The highest BCUT2D eigenvalue weighted by molar-refractivity contribution is 5.92. The average molecular weight is 318 g/mol. The molecule has 1 aliphatic heterocycles. The first-order valence-electron chi connectivity index (χ1n) is 8.95. The highest BCUT2D eigenvalue weighted by Crippen LogP contribution is 2.19. The monoisotopic (exact) mass is 318 g/mol. The van der Waals surface area contributed by atoms with Gasteiger partial charge in [-0.1, -0.05) is 20.8 Å². The molecule has 23 heavy (non-hydrogen) atoms. The molecule has 1 fully saturated rings. The van der Waals surface area contributed by atoms with Crippen LogP contribution >= 0.6 is 0 Å². The zero-order valence-corrected chi connectivity index (χ0v) is 15.0. The van der Waals surface area contributed by atoms with Gasteiger partial charge in [0, 0.05) is 31.9 Å². The van der Waals surface area contributed by atoms with Crippen molar-refractivity contribution < 1.29 is 4.79 Å². The smallest absolute Gasteiger partial charge is 0.272 e. The van der Waals surface area contributed by atoms with Crippen molar-refractivity contribution in [1.82, 2.24) is 14.9 Å². The quantitative estimate of drug-likeness (QED) is 0.807. The van der Waals surface area contributed by atoms with Crippen LogP contribution in [-0.2, 0) is 0 Å². The van der Waals surface area contributed by atoms with Gasteiger partial charge < -0.3 is 9.80 Å². The molecule has 1 aromatic rings.